The number of aromatic nitrogens is 2. The molecule has 0 aliphatic heterocycles. The topological polar surface area (TPSA) is 104 Å². The summed E-state index contributed by atoms with van der Waals surface area (Å²) >= 11 is 1.37. The summed E-state index contributed by atoms with van der Waals surface area (Å²) in [6.45, 7) is 0. The molecule has 1 fully saturated rings. The monoisotopic (exact) mass is 436 g/mol. The highest BCUT2D eigenvalue weighted by molar-refractivity contribution is 7.15. The minimum Gasteiger partial charge on any atom is -0.481 e. The Balaban J connectivity index is 1.29. The number of carbonyl (C=O) groups is 2. The summed E-state index contributed by atoms with van der Waals surface area (Å²) in [6.07, 6.45) is 3.75. The van der Waals surface area contributed by atoms with Gasteiger partial charge in [0, 0.05) is 23.7 Å². The first-order chi connectivity index (χ1) is 15.1. The molecule has 0 unspecified atom stereocenters. The molecule has 7 nitrogen and oxygen atoms in total. The number of carboxylic acids is 1. The average Bonchev–Trinajstić information content (AvgIpc) is 3.22. The van der Waals surface area contributed by atoms with E-state index in [-0.39, 0.29) is 17.9 Å². The molecule has 0 saturated heterocycles. The van der Waals surface area contributed by atoms with Gasteiger partial charge in [-0.2, -0.15) is 0 Å². The molecular formula is C23H24N4O3S. The smallest absolute Gasteiger partial charge is 0.306 e. The van der Waals surface area contributed by atoms with Crippen molar-refractivity contribution in [2.45, 2.75) is 38.1 Å². The molecule has 1 aromatic heterocycles. The van der Waals surface area contributed by atoms with Crippen molar-refractivity contribution in [3.8, 4) is 0 Å². The van der Waals surface area contributed by atoms with Crippen LogP contribution < -0.4 is 10.6 Å². The van der Waals surface area contributed by atoms with E-state index in [4.69, 9.17) is 5.11 Å². The van der Waals surface area contributed by atoms with E-state index >= 15 is 0 Å². The Morgan fingerprint density at radius 1 is 0.968 bits per heavy atom. The Bertz CT molecular complexity index is 1030. The molecule has 31 heavy (non-hydrogen) atoms. The number of carbonyl (C=O) groups excluding carboxylic acids is 1. The zero-order valence-corrected chi connectivity index (χ0v) is 17.8. The lowest BCUT2D eigenvalue weighted by atomic mass is 9.86. The van der Waals surface area contributed by atoms with E-state index in [9.17, 15) is 9.59 Å². The predicted octanol–water partition coefficient (Wildman–Crippen LogP) is 4.44. The molecule has 160 valence electrons. The van der Waals surface area contributed by atoms with Crippen LogP contribution in [0.1, 0.15) is 46.6 Å². The number of carboxylic acid groups (broad SMARTS) is 1. The molecule has 8 heteroatoms. The number of aliphatic carboxylic acids is 1. The maximum Gasteiger partial charge on any atom is 0.306 e. The average molecular weight is 437 g/mol. The lowest BCUT2D eigenvalue weighted by molar-refractivity contribution is -0.142. The Labute approximate surface area is 184 Å². The van der Waals surface area contributed by atoms with Crippen LogP contribution >= 0.6 is 11.3 Å². The van der Waals surface area contributed by atoms with Gasteiger partial charge in [0.15, 0.2) is 0 Å². The molecule has 1 aliphatic rings. The Morgan fingerprint density at radius 3 is 2.35 bits per heavy atom. The number of hydrogen-bond donors (Lipinski definition) is 3. The molecule has 1 saturated carbocycles. The molecule has 0 bridgehead atoms. The van der Waals surface area contributed by atoms with Crippen molar-refractivity contribution in [3.63, 3.8) is 0 Å². The fourth-order valence-corrected chi connectivity index (χ4v) is 4.52. The number of amides is 1. The fourth-order valence-electron chi connectivity index (χ4n) is 3.75. The van der Waals surface area contributed by atoms with Crippen LogP contribution in [-0.2, 0) is 11.2 Å². The maximum atomic E-state index is 12.5. The molecule has 2 aromatic carbocycles. The summed E-state index contributed by atoms with van der Waals surface area (Å²) in [5, 5.41) is 24.9. The maximum absolute atomic E-state index is 12.5. The van der Waals surface area contributed by atoms with E-state index in [1.54, 1.807) is 12.1 Å². The summed E-state index contributed by atoms with van der Waals surface area (Å²) in [5.41, 5.74) is 2.62. The summed E-state index contributed by atoms with van der Waals surface area (Å²) in [7, 11) is 0. The van der Waals surface area contributed by atoms with E-state index in [1.165, 1.54) is 11.3 Å². The molecule has 1 heterocycles. The lowest BCUT2D eigenvalue weighted by Crippen LogP contribution is -2.29. The second-order valence-electron chi connectivity index (χ2n) is 7.73. The van der Waals surface area contributed by atoms with Gasteiger partial charge in [-0.05, 0) is 55.5 Å². The Morgan fingerprint density at radius 2 is 1.68 bits per heavy atom. The van der Waals surface area contributed by atoms with Gasteiger partial charge in [-0.1, -0.05) is 41.7 Å². The van der Waals surface area contributed by atoms with Gasteiger partial charge in [-0.15, -0.1) is 10.2 Å². The zero-order chi connectivity index (χ0) is 21.6. The van der Waals surface area contributed by atoms with Crippen molar-refractivity contribution in [2.24, 2.45) is 5.92 Å². The first-order valence-electron chi connectivity index (χ1n) is 10.3. The van der Waals surface area contributed by atoms with Crippen molar-refractivity contribution in [1.29, 1.82) is 0 Å². The van der Waals surface area contributed by atoms with Crippen LogP contribution in [-0.4, -0.2) is 33.2 Å². The lowest BCUT2D eigenvalue weighted by Gasteiger charge is -2.27. The number of nitrogens with one attached hydrogen (secondary N) is 2. The highest BCUT2D eigenvalue weighted by Gasteiger charge is 2.25. The highest BCUT2D eigenvalue weighted by Crippen LogP contribution is 2.27. The van der Waals surface area contributed by atoms with Gasteiger partial charge < -0.3 is 10.4 Å². The van der Waals surface area contributed by atoms with E-state index in [0.29, 0.717) is 30.0 Å². The highest BCUT2D eigenvalue weighted by atomic mass is 32.1. The van der Waals surface area contributed by atoms with Gasteiger partial charge in [0.1, 0.15) is 5.01 Å². The Kier molecular flexibility index (Phi) is 6.57. The summed E-state index contributed by atoms with van der Waals surface area (Å²) in [4.78, 5) is 23.6. The van der Waals surface area contributed by atoms with Gasteiger partial charge in [0.05, 0.1) is 5.92 Å². The molecule has 1 aliphatic carbocycles. The van der Waals surface area contributed by atoms with Crippen molar-refractivity contribution < 1.29 is 14.7 Å². The number of hydrogen-bond acceptors (Lipinski definition) is 6. The van der Waals surface area contributed by atoms with Gasteiger partial charge in [-0.25, -0.2) is 0 Å². The third-order valence-corrected chi connectivity index (χ3v) is 6.32. The van der Waals surface area contributed by atoms with Gasteiger partial charge in [-0.3, -0.25) is 14.9 Å². The van der Waals surface area contributed by atoms with E-state index in [0.717, 1.165) is 29.1 Å². The molecule has 4 rings (SSSR count). The molecule has 0 radical (unpaired) electrons. The minimum absolute atomic E-state index is 0.224. The second kappa shape index (κ2) is 9.70. The molecule has 3 N–H and O–H groups in total. The van der Waals surface area contributed by atoms with Crippen LogP contribution in [0.4, 0.5) is 10.8 Å². The summed E-state index contributed by atoms with van der Waals surface area (Å²) in [5.74, 6) is -1.15. The quantitative estimate of drug-likeness (QED) is 0.506. The second-order valence-corrected chi connectivity index (χ2v) is 8.79. The third kappa shape index (κ3) is 5.67. The number of benzene rings is 2. The summed E-state index contributed by atoms with van der Waals surface area (Å²) in [6, 6.07) is 17.6. The molecule has 0 atom stereocenters. The van der Waals surface area contributed by atoms with Crippen molar-refractivity contribution in [3.05, 3.63) is 70.7 Å². The van der Waals surface area contributed by atoms with Crippen LogP contribution in [0.15, 0.2) is 54.6 Å². The fraction of sp³-hybridized carbons (Fsp3) is 0.304. The predicted molar refractivity (Wildman–Crippen MR) is 121 cm³/mol. The van der Waals surface area contributed by atoms with E-state index < -0.39 is 5.97 Å². The number of rotatable bonds is 7. The zero-order valence-electron chi connectivity index (χ0n) is 17.0. The largest absolute Gasteiger partial charge is 0.481 e. The van der Waals surface area contributed by atoms with Crippen LogP contribution in [0, 0.1) is 5.92 Å². The van der Waals surface area contributed by atoms with E-state index in [1.807, 2.05) is 42.5 Å². The standard InChI is InChI=1S/C23H24N4O3S/c28-21(25-23-27-26-20(31-23)14-15-4-2-1-3-5-15)16-6-10-18(11-7-16)24-19-12-8-17(9-13-19)22(29)30/h1-7,10-11,17,19,24H,8-9,12-14H2,(H,29,30)(H,25,27,28)/t17-,19+. The van der Waals surface area contributed by atoms with Crippen molar-refractivity contribution in [1.82, 2.24) is 10.2 Å². The summed E-state index contributed by atoms with van der Waals surface area (Å²) < 4.78 is 0. The molecular weight excluding hydrogens is 412 g/mol. The first kappa shape index (κ1) is 21.0. The van der Waals surface area contributed by atoms with Crippen LogP contribution in [0.2, 0.25) is 0 Å². The van der Waals surface area contributed by atoms with Gasteiger partial charge >= 0.3 is 5.97 Å². The SMILES string of the molecule is O=C(Nc1nnc(Cc2ccccc2)s1)c1ccc(N[C@H]2CC[C@@H](C(=O)O)CC2)cc1. The number of anilines is 2. The van der Waals surface area contributed by atoms with Crippen LogP contribution in [0.5, 0.6) is 0 Å². The van der Waals surface area contributed by atoms with Gasteiger partial charge in [0.2, 0.25) is 5.13 Å². The van der Waals surface area contributed by atoms with Crippen molar-refractivity contribution in [2.75, 3.05) is 10.6 Å². The van der Waals surface area contributed by atoms with Crippen LogP contribution in [0.3, 0.4) is 0 Å². The molecule has 3 aromatic rings. The molecule has 0 spiro atoms. The van der Waals surface area contributed by atoms with E-state index in [2.05, 4.69) is 20.8 Å². The normalized spacial score (nSPS) is 18.3. The van der Waals surface area contributed by atoms with Gasteiger partial charge in [0.25, 0.3) is 5.91 Å². The third-order valence-electron chi connectivity index (χ3n) is 5.48. The van der Waals surface area contributed by atoms with Crippen molar-refractivity contribution >= 4 is 34.0 Å². The van der Waals surface area contributed by atoms with Crippen LogP contribution in [0.25, 0.3) is 0 Å². The number of nitrogens with zero attached hydrogens (tertiary/aromatic N) is 2. The minimum atomic E-state index is -0.698. The molecule has 1 amide bonds. The Hall–Kier alpha value is -3.26. The first-order valence-corrected chi connectivity index (χ1v) is 11.2.